The zero-order valence-corrected chi connectivity index (χ0v) is 16.4. The monoisotopic (exact) mass is 410 g/mol. The van der Waals surface area contributed by atoms with E-state index < -0.39 is 0 Å². The zero-order valence-electron chi connectivity index (χ0n) is 16.4. The number of amidine groups is 1. The van der Waals surface area contributed by atoms with Crippen LogP contribution < -0.4 is 10.2 Å². The fraction of sp³-hybridized carbons (Fsp3) is 0.0417. The number of nitrogens with zero attached hydrogens (tertiary/aromatic N) is 3. The molecule has 152 valence electrons. The van der Waals surface area contributed by atoms with E-state index in [1.54, 1.807) is 30.7 Å². The number of nitrogens with one attached hydrogen (secondary N) is 1. The number of para-hydroxylation sites is 1. The van der Waals surface area contributed by atoms with Crippen molar-refractivity contribution < 1.29 is 14.4 Å². The maximum atomic E-state index is 9.69. The summed E-state index contributed by atoms with van der Waals surface area (Å²) in [5.41, 5.74) is 5.27. The first-order chi connectivity index (χ1) is 15.3. The van der Waals surface area contributed by atoms with Gasteiger partial charge < -0.3 is 9.15 Å². The highest BCUT2D eigenvalue weighted by Gasteiger charge is 2.14. The average Bonchev–Trinajstić information content (AvgIpc) is 3.19. The molecule has 0 unspecified atom stereocenters. The van der Waals surface area contributed by atoms with Crippen LogP contribution in [0, 0.1) is 0 Å². The summed E-state index contributed by atoms with van der Waals surface area (Å²) in [6.45, 7) is 0.368. The van der Waals surface area contributed by atoms with E-state index in [9.17, 15) is 5.21 Å². The molecule has 3 heterocycles. The molecule has 0 saturated heterocycles. The molecule has 2 N–H and O–H groups in total. The topological polar surface area (TPSA) is 92.8 Å². The van der Waals surface area contributed by atoms with E-state index in [1.807, 2.05) is 54.6 Å². The predicted octanol–water partition coefficient (Wildman–Crippen LogP) is 5.09. The minimum atomic E-state index is 0.259. The van der Waals surface area contributed by atoms with Crippen LogP contribution in [0.3, 0.4) is 0 Å². The number of ether oxygens (including phenoxy) is 1. The summed E-state index contributed by atoms with van der Waals surface area (Å²) in [6, 6.07) is 20.7. The molecule has 0 aliphatic heterocycles. The van der Waals surface area contributed by atoms with E-state index in [0.717, 1.165) is 27.5 Å². The number of fused-ring (bicyclic) bond motifs is 3. The summed E-state index contributed by atoms with van der Waals surface area (Å²) >= 11 is 0. The van der Waals surface area contributed by atoms with Gasteiger partial charge in [-0.3, -0.25) is 20.7 Å². The summed E-state index contributed by atoms with van der Waals surface area (Å²) in [7, 11) is 0. The molecule has 0 radical (unpaired) electrons. The second-order valence-electron chi connectivity index (χ2n) is 6.85. The molecular weight excluding hydrogens is 392 g/mol. The molecule has 7 heteroatoms. The normalized spacial score (nSPS) is 11.7. The molecule has 0 spiro atoms. The smallest absolute Gasteiger partial charge is 0.230 e. The van der Waals surface area contributed by atoms with Gasteiger partial charge in [-0.2, -0.15) is 0 Å². The SMILES string of the molecule is ONC(=NCc1ccncc1)c1cccnc1Oc1ccc2oc3ccccc3c2c1. The summed E-state index contributed by atoms with van der Waals surface area (Å²) in [5, 5.41) is 11.7. The molecule has 3 aromatic heterocycles. The van der Waals surface area contributed by atoms with Crippen LogP contribution in [0.5, 0.6) is 11.6 Å². The quantitative estimate of drug-likeness (QED) is 0.238. The molecule has 0 aliphatic carbocycles. The fourth-order valence-electron chi connectivity index (χ4n) is 3.37. The van der Waals surface area contributed by atoms with Crippen LogP contribution in [0.15, 0.2) is 94.7 Å². The molecule has 2 aromatic carbocycles. The van der Waals surface area contributed by atoms with Crippen molar-refractivity contribution in [3.05, 3.63) is 96.4 Å². The number of hydrogen-bond donors (Lipinski definition) is 2. The molecule has 31 heavy (non-hydrogen) atoms. The van der Waals surface area contributed by atoms with Gasteiger partial charge in [0, 0.05) is 29.4 Å². The van der Waals surface area contributed by atoms with Crippen molar-refractivity contribution >= 4 is 27.8 Å². The third-order valence-electron chi connectivity index (χ3n) is 4.86. The number of hydrogen-bond acceptors (Lipinski definition) is 6. The van der Waals surface area contributed by atoms with Gasteiger partial charge in [0.25, 0.3) is 0 Å². The Morgan fingerprint density at radius 1 is 0.935 bits per heavy atom. The molecular formula is C24H18N4O3. The second kappa shape index (κ2) is 8.25. The molecule has 0 aliphatic rings. The highest BCUT2D eigenvalue weighted by molar-refractivity contribution is 6.05. The summed E-state index contributed by atoms with van der Waals surface area (Å²) < 4.78 is 11.9. The molecule has 5 rings (SSSR count). The Morgan fingerprint density at radius 2 is 1.77 bits per heavy atom. The lowest BCUT2D eigenvalue weighted by Crippen LogP contribution is -2.21. The average molecular weight is 410 g/mol. The fourth-order valence-corrected chi connectivity index (χ4v) is 3.37. The van der Waals surface area contributed by atoms with Crippen molar-refractivity contribution in [1.29, 1.82) is 0 Å². The van der Waals surface area contributed by atoms with E-state index >= 15 is 0 Å². The van der Waals surface area contributed by atoms with E-state index in [-0.39, 0.29) is 5.84 Å². The molecule has 0 bridgehead atoms. The van der Waals surface area contributed by atoms with Crippen LogP contribution in [-0.2, 0) is 6.54 Å². The number of furan rings is 1. The van der Waals surface area contributed by atoms with Crippen molar-refractivity contribution in [3.8, 4) is 11.6 Å². The molecule has 0 amide bonds. The van der Waals surface area contributed by atoms with Gasteiger partial charge >= 0.3 is 0 Å². The predicted molar refractivity (Wildman–Crippen MR) is 117 cm³/mol. The van der Waals surface area contributed by atoms with Crippen molar-refractivity contribution in [2.24, 2.45) is 4.99 Å². The maximum Gasteiger partial charge on any atom is 0.230 e. The Labute approximate surface area is 177 Å². The molecule has 5 aromatic rings. The Hall–Kier alpha value is -4.23. The van der Waals surface area contributed by atoms with Gasteiger partial charge in [-0.1, -0.05) is 18.2 Å². The first-order valence-electron chi connectivity index (χ1n) is 9.70. The van der Waals surface area contributed by atoms with Gasteiger partial charge in [0.15, 0.2) is 5.84 Å². The maximum absolute atomic E-state index is 9.69. The summed E-state index contributed by atoms with van der Waals surface area (Å²) in [6.07, 6.45) is 5.03. The van der Waals surface area contributed by atoms with Crippen molar-refractivity contribution in [1.82, 2.24) is 15.4 Å². The number of benzene rings is 2. The Morgan fingerprint density at radius 3 is 2.65 bits per heavy atom. The third kappa shape index (κ3) is 3.82. The lowest BCUT2D eigenvalue weighted by atomic mass is 10.1. The molecule has 0 saturated carbocycles. The van der Waals surface area contributed by atoms with Crippen molar-refractivity contribution in [3.63, 3.8) is 0 Å². The first-order valence-corrected chi connectivity index (χ1v) is 9.70. The molecule has 0 atom stereocenters. The molecule has 0 fully saturated rings. The third-order valence-corrected chi connectivity index (χ3v) is 4.86. The number of rotatable bonds is 5. The number of pyridine rings is 2. The standard InChI is InChI=1S/C24H18N4O3/c29-28-23(27-15-16-9-12-25-13-10-16)19-5-3-11-26-24(19)30-17-7-8-22-20(14-17)18-4-1-2-6-21(18)31-22/h1-14,29H,15H2,(H,27,28). The lowest BCUT2D eigenvalue weighted by molar-refractivity contribution is 0.234. The van der Waals surface area contributed by atoms with Gasteiger partial charge in [-0.25, -0.2) is 4.98 Å². The number of aromatic nitrogens is 2. The summed E-state index contributed by atoms with van der Waals surface area (Å²) in [5.74, 6) is 1.19. The summed E-state index contributed by atoms with van der Waals surface area (Å²) in [4.78, 5) is 12.8. The Balaban J connectivity index is 1.48. The van der Waals surface area contributed by atoms with Crippen LogP contribution in [0.1, 0.15) is 11.1 Å². The van der Waals surface area contributed by atoms with E-state index in [0.29, 0.717) is 23.7 Å². The van der Waals surface area contributed by atoms with Crippen LogP contribution in [0.2, 0.25) is 0 Å². The van der Waals surface area contributed by atoms with Gasteiger partial charge in [-0.15, -0.1) is 0 Å². The molecule has 7 nitrogen and oxygen atoms in total. The minimum absolute atomic E-state index is 0.259. The van der Waals surface area contributed by atoms with Crippen LogP contribution in [0.4, 0.5) is 0 Å². The number of aliphatic imine (C=N–C) groups is 1. The number of hydroxylamine groups is 1. The van der Waals surface area contributed by atoms with Crippen molar-refractivity contribution in [2.75, 3.05) is 0 Å². The minimum Gasteiger partial charge on any atom is -0.456 e. The van der Waals surface area contributed by atoms with E-state index in [2.05, 4.69) is 20.4 Å². The van der Waals surface area contributed by atoms with Crippen molar-refractivity contribution in [2.45, 2.75) is 6.54 Å². The first kappa shape index (κ1) is 18.8. The van der Waals surface area contributed by atoms with Gasteiger partial charge in [0.05, 0.1) is 12.1 Å². The second-order valence-corrected chi connectivity index (χ2v) is 6.85. The Kier molecular flexibility index (Phi) is 5.00. The van der Waals surface area contributed by atoms with Gasteiger partial charge in [-0.05, 0) is 54.1 Å². The lowest BCUT2D eigenvalue weighted by Gasteiger charge is -2.11. The highest BCUT2D eigenvalue weighted by Crippen LogP contribution is 2.33. The largest absolute Gasteiger partial charge is 0.456 e. The van der Waals surface area contributed by atoms with Crippen LogP contribution >= 0.6 is 0 Å². The van der Waals surface area contributed by atoms with Crippen LogP contribution in [0.25, 0.3) is 21.9 Å². The van der Waals surface area contributed by atoms with Gasteiger partial charge in [0.2, 0.25) is 5.88 Å². The van der Waals surface area contributed by atoms with Gasteiger partial charge in [0.1, 0.15) is 16.9 Å². The highest BCUT2D eigenvalue weighted by atomic mass is 16.5. The Bertz CT molecular complexity index is 1380. The van der Waals surface area contributed by atoms with E-state index in [1.165, 1.54) is 0 Å². The van der Waals surface area contributed by atoms with Crippen LogP contribution in [-0.4, -0.2) is 21.0 Å². The zero-order chi connectivity index (χ0) is 21.0. The van der Waals surface area contributed by atoms with E-state index in [4.69, 9.17) is 9.15 Å².